The minimum Gasteiger partial charge on any atom is -0.408 e. The van der Waals surface area contributed by atoms with Gasteiger partial charge in [0.1, 0.15) is 0 Å². The molecule has 0 amide bonds. The van der Waals surface area contributed by atoms with Crippen LogP contribution in [0.15, 0.2) is 48.3 Å². The summed E-state index contributed by atoms with van der Waals surface area (Å²) in [5.74, 6) is 0. The zero-order chi connectivity index (χ0) is 11.1. The highest BCUT2D eigenvalue weighted by Gasteiger charge is 2.27. The van der Waals surface area contributed by atoms with Gasteiger partial charge in [0.25, 0.3) is 9.76 Å². The normalized spacial score (nSPS) is 11.9. The van der Waals surface area contributed by atoms with E-state index >= 15 is 0 Å². The molecule has 1 rings (SSSR count). The van der Waals surface area contributed by atoms with E-state index in [4.69, 9.17) is 4.12 Å². The van der Waals surface area contributed by atoms with E-state index in [1.54, 1.807) is 6.08 Å². The van der Waals surface area contributed by atoms with E-state index in [0.717, 1.165) is 5.56 Å². The lowest BCUT2D eigenvalue weighted by molar-refractivity contribution is 0.266. The van der Waals surface area contributed by atoms with Crippen LogP contribution >= 0.6 is 0 Å². The minimum atomic E-state index is -3.65. The highest BCUT2D eigenvalue weighted by atomic mass is 28.4. The van der Waals surface area contributed by atoms with Crippen LogP contribution < -0.4 is 0 Å². The molecule has 2 N–H and O–H groups in total. The second kappa shape index (κ2) is 5.79. The quantitative estimate of drug-likeness (QED) is 0.748. The Morgan fingerprint density at radius 3 is 2.53 bits per heavy atom. The molecule has 0 aliphatic heterocycles. The second-order valence-electron chi connectivity index (χ2n) is 2.83. The van der Waals surface area contributed by atoms with Crippen molar-refractivity contribution in [3.63, 3.8) is 0 Å². The first-order chi connectivity index (χ1) is 7.14. The summed E-state index contributed by atoms with van der Waals surface area (Å²) in [7, 11) is -3.74. The summed E-state index contributed by atoms with van der Waals surface area (Å²) in [4.78, 5) is 18.9. The summed E-state index contributed by atoms with van der Waals surface area (Å²) in [5, 5.41) is 0. The van der Waals surface area contributed by atoms with E-state index in [1.165, 1.54) is 11.4 Å². The van der Waals surface area contributed by atoms with Gasteiger partial charge in [-0.05, 0) is 11.3 Å². The van der Waals surface area contributed by atoms with Crippen molar-refractivity contribution in [1.82, 2.24) is 0 Å². The predicted molar refractivity (Wildman–Crippen MR) is 62.7 cm³/mol. The van der Waals surface area contributed by atoms with Crippen molar-refractivity contribution in [3.8, 4) is 0 Å². The molecule has 0 aliphatic carbocycles. The summed E-state index contributed by atoms with van der Waals surface area (Å²) < 4.78 is 4.87. The lowest BCUT2D eigenvalue weighted by atomic mass is 10.2. The molecular weight excluding hydrogens is 224 g/mol. The lowest BCUT2D eigenvalue weighted by Gasteiger charge is -2.11. The van der Waals surface area contributed by atoms with Gasteiger partial charge in [0, 0.05) is 0 Å². The summed E-state index contributed by atoms with van der Waals surface area (Å²) >= 11 is 0. The Kier molecular flexibility index (Phi) is 4.66. The van der Waals surface area contributed by atoms with Crippen LogP contribution in [0.25, 0.3) is 6.08 Å². The maximum atomic E-state index is 9.45. The van der Waals surface area contributed by atoms with E-state index in [2.05, 4.69) is 6.58 Å². The van der Waals surface area contributed by atoms with E-state index in [9.17, 15) is 9.59 Å². The predicted octanol–water partition coefficient (Wildman–Crippen LogP) is 0.942. The van der Waals surface area contributed by atoms with Gasteiger partial charge < -0.3 is 13.7 Å². The summed E-state index contributed by atoms with van der Waals surface area (Å²) in [6.45, 7) is 3.45. The Morgan fingerprint density at radius 1 is 1.27 bits per heavy atom. The maximum Gasteiger partial charge on any atom is 0.513 e. The molecule has 1 aromatic carbocycles. The monoisotopic (exact) mass is 236 g/mol. The molecule has 5 heteroatoms. The molecular formula is C10H12O3Si2. The first-order valence-electron chi connectivity index (χ1n) is 4.37. The molecule has 0 aliphatic rings. The van der Waals surface area contributed by atoms with Gasteiger partial charge in [0.05, 0.1) is 0 Å². The van der Waals surface area contributed by atoms with Crippen LogP contribution in [0.2, 0.25) is 0 Å². The zero-order valence-electron chi connectivity index (χ0n) is 8.13. The molecule has 2 radical (unpaired) electrons. The Labute approximate surface area is 92.7 Å². The SMILES string of the molecule is C=C[Si]O[Si](O)(O)/C=C/c1ccccc1. The fraction of sp³-hybridized carbons (Fsp3) is 0. The third-order valence-electron chi connectivity index (χ3n) is 1.58. The average Bonchev–Trinajstić information content (AvgIpc) is 2.25. The zero-order valence-corrected chi connectivity index (χ0v) is 10.1. The van der Waals surface area contributed by atoms with Gasteiger partial charge in [-0.3, -0.25) is 0 Å². The summed E-state index contributed by atoms with van der Waals surface area (Å²) in [6.07, 6.45) is 1.64. The van der Waals surface area contributed by atoms with Crippen molar-refractivity contribution in [2.45, 2.75) is 0 Å². The van der Waals surface area contributed by atoms with Gasteiger partial charge >= 0.3 is 8.80 Å². The molecule has 15 heavy (non-hydrogen) atoms. The Bertz CT molecular complexity index is 336. The molecule has 1 aromatic rings. The van der Waals surface area contributed by atoms with E-state index in [1.807, 2.05) is 30.3 Å². The molecule has 0 heterocycles. The Hall–Kier alpha value is -0.986. The summed E-state index contributed by atoms with van der Waals surface area (Å²) in [5.41, 5.74) is 3.73. The standard InChI is InChI=1S/C10H12O3Si2/c1-2-14-13-15(11,12)9-8-10-6-4-3-5-7-10/h2-9,11-12H,1H2/b9-8+. The molecule has 3 nitrogen and oxygen atoms in total. The lowest BCUT2D eigenvalue weighted by Crippen LogP contribution is -2.37. The minimum absolute atomic E-state index is 0.0918. The fourth-order valence-electron chi connectivity index (χ4n) is 0.931. The van der Waals surface area contributed by atoms with Gasteiger partial charge in [0.2, 0.25) is 0 Å². The third-order valence-corrected chi connectivity index (χ3v) is 4.03. The number of benzene rings is 1. The maximum absolute atomic E-state index is 9.45. The van der Waals surface area contributed by atoms with Gasteiger partial charge in [0.15, 0.2) is 0 Å². The average molecular weight is 236 g/mol. The fourth-order valence-corrected chi connectivity index (χ4v) is 2.64. The van der Waals surface area contributed by atoms with Gasteiger partial charge in [-0.1, -0.05) is 42.1 Å². The highest BCUT2D eigenvalue weighted by molar-refractivity contribution is 6.69. The molecule has 78 valence electrons. The number of hydrogen-bond donors (Lipinski definition) is 2. The number of rotatable bonds is 5. The van der Waals surface area contributed by atoms with E-state index in [-0.39, 0.29) is 9.76 Å². The molecule has 0 atom stereocenters. The Balaban J connectivity index is 2.60. The van der Waals surface area contributed by atoms with Crippen LogP contribution in [0, 0.1) is 0 Å². The molecule has 0 fully saturated rings. The van der Waals surface area contributed by atoms with Crippen molar-refractivity contribution in [2.75, 3.05) is 0 Å². The van der Waals surface area contributed by atoms with Crippen molar-refractivity contribution >= 4 is 24.6 Å². The van der Waals surface area contributed by atoms with E-state index < -0.39 is 8.80 Å². The highest BCUT2D eigenvalue weighted by Crippen LogP contribution is 2.05. The van der Waals surface area contributed by atoms with Crippen molar-refractivity contribution < 1.29 is 13.7 Å². The van der Waals surface area contributed by atoms with Crippen LogP contribution in [-0.2, 0) is 4.12 Å². The first-order valence-corrected chi connectivity index (χ1v) is 7.24. The van der Waals surface area contributed by atoms with Crippen LogP contribution in [0.4, 0.5) is 0 Å². The smallest absolute Gasteiger partial charge is 0.408 e. The van der Waals surface area contributed by atoms with Crippen molar-refractivity contribution in [2.24, 2.45) is 0 Å². The topological polar surface area (TPSA) is 49.7 Å². The van der Waals surface area contributed by atoms with Crippen LogP contribution in [0.1, 0.15) is 5.56 Å². The van der Waals surface area contributed by atoms with Gasteiger partial charge in [-0.15, -0.1) is 6.58 Å². The largest absolute Gasteiger partial charge is 0.513 e. The van der Waals surface area contributed by atoms with Crippen LogP contribution in [0.3, 0.4) is 0 Å². The van der Waals surface area contributed by atoms with E-state index in [0.29, 0.717) is 0 Å². The molecule has 0 spiro atoms. The van der Waals surface area contributed by atoms with Crippen molar-refractivity contribution in [1.29, 1.82) is 0 Å². The van der Waals surface area contributed by atoms with Crippen LogP contribution in [-0.4, -0.2) is 28.2 Å². The third kappa shape index (κ3) is 4.86. The Morgan fingerprint density at radius 2 is 1.93 bits per heavy atom. The molecule has 0 unspecified atom stereocenters. The molecule has 0 aromatic heterocycles. The molecule has 0 saturated carbocycles. The van der Waals surface area contributed by atoms with Crippen LogP contribution in [0.5, 0.6) is 0 Å². The molecule has 0 bridgehead atoms. The summed E-state index contributed by atoms with van der Waals surface area (Å²) in [6, 6.07) is 9.40. The van der Waals surface area contributed by atoms with Gasteiger partial charge in [-0.2, -0.15) is 0 Å². The van der Waals surface area contributed by atoms with Crippen molar-refractivity contribution in [3.05, 3.63) is 53.9 Å². The number of hydrogen-bond acceptors (Lipinski definition) is 3. The molecule has 0 saturated heterocycles. The second-order valence-corrected chi connectivity index (χ2v) is 5.94. The first kappa shape index (κ1) is 12.1. The van der Waals surface area contributed by atoms with Gasteiger partial charge in [-0.25, -0.2) is 0 Å².